The van der Waals surface area contributed by atoms with Gasteiger partial charge in [-0.3, -0.25) is 29.8 Å². The van der Waals surface area contributed by atoms with Gasteiger partial charge in [-0.1, -0.05) is 6.92 Å². The Kier molecular flexibility index (Phi) is 4.49. The zero-order chi connectivity index (χ0) is 21.0. The van der Waals surface area contributed by atoms with Gasteiger partial charge in [-0.05, 0) is 44.6 Å². The highest BCUT2D eigenvalue weighted by Gasteiger charge is 2.30. The highest BCUT2D eigenvalue weighted by Crippen LogP contribution is 2.35. The molecule has 3 heterocycles. The monoisotopic (exact) mass is 416 g/mol. The maximum atomic E-state index is 13.2. The number of thiophene rings is 1. The largest absolute Gasteiger partial charge is 0.322 e. The third kappa shape index (κ3) is 3.01. The van der Waals surface area contributed by atoms with Gasteiger partial charge in [0.25, 0.3) is 11.5 Å². The van der Waals surface area contributed by atoms with Crippen molar-refractivity contribution in [1.29, 1.82) is 0 Å². The van der Waals surface area contributed by atoms with Gasteiger partial charge in [0.1, 0.15) is 16.3 Å². The van der Waals surface area contributed by atoms with Gasteiger partial charge >= 0.3 is 5.69 Å². The summed E-state index contributed by atoms with van der Waals surface area (Å²) in [6, 6.07) is 0. The van der Waals surface area contributed by atoms with Gasteiger partial charge in [0, 0.05) is 11.9 Å². The highest BCUT2D eigenvalue weighted by molar-refractivity contribution is 7.18. The Morgan fingerprint density at radius 2 is 2.10 bits per heavy atom. The predicted octanol–water partition coefficient (Wildman–Crippen LogP) is 2.23. The van der Waals surface area contributed by atoms with Crippen molar-refractivity contribution in [3.8, 4) is 0 Å². The molecule has 1 aliphatic carbocycles. The molecule has 0 spiro atoms. The molecular formula is C18H20N6O4S. The minimum Gasteiger partial charge on any atom is -0.267 e. The Morgan fingerprint density at radius 1 is 1.38 bits per heavy atom. The Morgan fingerprint density at radius 3 is 2.79 bits per heavy atom. The second-order valence-corrected chi connectivity index (χ2v) is 8.52. The van der Waals surface area contributed by atoms with Crippen LogP contribution in [0.1, 0.15) is 45.8 Å². The van der Waals surface area contributed by atoms with Crippen LogP contribution >= 0.6 is 11.3 Å². The third-order valence-corrected chi connectivity index (χ3v) is 6.45. The van der Waals surface area contributed by atoms with Crippen LogP contribution in [0, 0.1) is 29.9 Å². The van der Waals surface area contributed by atoms with E-state index in [1.54, 1.807) is 6.92 Å². The van der Waals surface area contributed by atoms with Crippen molar-refractivity contribution in [3.05, 3.63) is 48.1 Å². The first-order valence-electron chi connectivity index (χ1n) is 9.22. The second kappa shape index (κ2) is 6.76. The summed E-state index contributed by atoms with van der Waals surface area (Å²) in [7, 11) is 1.45. The van der Waals surface area contributed by atoms with Crippen LogP contribution in [0.2, 0.25) is 0 Å². The van der Waals surface area contributed by atoms with Gasteiger partial charge in [-0.25, -0.2) is 9.66 Å². The normalized spacial score (nSPS) is 16.1. The summed E-state index contributed by atoms with van der Waals surface area (Å²) < 4.78 is 2.21. The number of aromatic nitrogens is 4. The van der Waals surface area contributed by atoms with E-state index in [0.29, 0.717) is 22.0 Å². The number of hydrogen-bond donors (Lipinski definition) is 1. The quantitative estimate of drug-likeness (QED) is 0.515. The van der Waals surface area contributed by atoms with Crippen molar-refractivity contribution in [2.75, 3.05) is 5.43 Å². The lowest BCUT2D eigenvalue weighted by atomic mass is 9.89. The first kappa shape index (κ1) is 19.2. The van der Waals surface area contributed by atoms with Crippen LogP contribution in [0.25, 0.3) is 10.2 Å². The van der Waals surface area contributed by atoms with Crippen LogP contribution in [0.15, 0.2) is 4.79 Å². The molecule has 0 unspecified atom stereocenters. The number of carbonyl (C=O) groups excluding carboxylic acids is 1. The van der Waals surface area contributed by atoms with E-state index in [2.05, 4.69) is 22.4 Å². The van der Waals surface area contributed by atoms with E-state index in [1.165, 1.54) is 30.2 Å². The van der Waals surface area contributed by atoms with E-state index in [-0.39, 0.29) is 22.6 Å². The first-order valence-corrected chi connectivity index (χ1v) is 10.0. The molecule has 0 fully saturated rings. The number of amides is 1. The van der Waals surface area contributed by atoms with Gasteiger partial charge in [-0.15, -0.1) is 11.3 Å². The zero-order valence-corrected chi connectivity index (χ0v) is 17.3. The van der Waals surface area contributed by atoms with E-state index >= 15 is 0 Å². The molecule has 0 aromatic carbocycles. The molecule has 1 atom stereocenters. The molecule has 10 nitrogen and oxygen atoms in total. The molecule has 11 heteroatoms. The summed E-state index contributed by atoms with van der Waals surface area (Å²) >= 11 is 1.53. The maximum absolute atomic E-state index is 13.2. The summed E-state index contributed by atoms with van der Waals surface area (Å²) in [5, 5.41) is 15.9. The topological polar surface area (TPSA) is 125 Å². The number of aryl methyl sites for hydroxylation is 4. The minimum atomic E-state index is -0.788. The molecule has 1 aliphatic rings. The fourth-order valence-electron chi connectivity index (χ4n) is 3.90. The average molecular weight is 416 g/mol. The van der Waals surface area contributed by atoms with E-state index in [9.17, 15) is 19.7 Å². The van der Waals surface area contributed by atoms with Gasteiger partial charge in [0.05, 0.1) is 10.3 Å². The van der Waals surface area contributed by atoms with Crippen molar-refractivity contribution in [2.24, 2.45) is 13.0 Å². The van der Waals surface area contributed by atoms with E-state index in [0.717, 1.165) is 34.2 Å². The van der Waals surface area contributed by atoms with E-state index in [1.807, 2.05) is 0 Å². The molecule has 0 saturated carbocycles. The number of nitrogens with zero attached hydrogens (tertiary/aromatic N) is 5. The molecule has 1 amide bonds. The summed E-state index contributed by atoms with van der Waals surface area (Å²) in [6.45, 7) is 5.26. The van der Waals surface area contributed by atoms with Gasteiger partial charge in [0.15, 0.2) is 0 Å². The lowest BCUT2D eigenvalue weighted by Gasteiger charge is -2.17. The molecule has 0 bridgehead atoms. The van der Waals surface area contributed by atoms with Crippen LogP contribution in [-0.4, -0.2) is 30.3 Å². The van der Waals surface area contributed by atoms with E-state index in [4.69, 9.17) is 0 Å². The molecule has 4 rings (SSSR count). The smallest absolute Gasteiger partial charge is 0.267 e. The molecular weight excluding hydrogens is 396 g/mol. The number of nitrogens with one attached hydrogen (secondary N) is 1. The number of rotatable bonds is 3. The van der Waals surface area contributed by atoms with Crippen LogP contribution < -0.4 is 11.0 Å². The van der Waals surface area contributed by atoms with E-state index < -0.39 is 10.8 Å². The van der Waals surface area contributed by atoms with Crippen molar-refractivity contribution in [1.82, 2.24) is 19.4 Å². The van der Waals surface area contributed by atoms with Crippen LogP contribution in [-0.2, 0) is 19.9 Å². The van der Waals surface area contributed by atoms with Crippen LogP contribution in [0.3, 0.4) is 0 Å². The Hall–Kier alpha value is -3.08. The molecule has 0 saturated heterocycles. The molecule has 3 aromatic heterocycles. The van der Waals surface area contributed by atoms with Gasteiger partial charge < -0.3 is 0 Å². The minimum absolute atomic E-state index is 0.126. The fourth-order valence-corrected chi connectivity index (χ4v) is 5.32. The SMILES string of the molecule is Cc1nn(C)c(C(=O)Nn2c(C)nc3sc4c(c3c2=O)CC[C@@H](C)C4)c1[N+](=O)[O-]. The van der Waals surface area contributed by atoms with Crippen molar-refractivity contribution in [3.63, 3.8) is 0 Å². The molecule has 152 valence electrons. The molecule has 0 aliphatic heterocycles. The molecule has 1 N–H and O–H groups in total. The van der Waals surface area contributed by atoms with Crippen LogP contribution in [0.4, 0.5) is 5.69 Å². The zero-order valence-electron chi connectivity index (χ0n) is 16.5. The Balaban J connectivity index is 1.81. The van der Waals surface area contributed by atoms with Crippen LogP contribution in [0.5, 0.6) is 0 Å². The Labute approximate surface area is 169 Å². The van der Waals surface area contributed by atoms with Crippen molar-refractivity contribution < 1.29 is 9.72 Å². The highest BCUT2D eigenvalue weighted by atomic mass is 32.1. The molecule has 0 radical (unpaired) electrons. The number of hydrogen-bond acceptors (Lipinski definition) is 7. The summed E-state index contributed by atoms with van der Waals surface area (Å²) in [4.78, 5) is 43.1. The van der Waals surface area contributed by atoms with Gasteiger partial charge in [-0.2, -0.15) is 5.10 Å². The fraction of sp³-hybridized carbons (Fsp3) is 0.444. The third-order valence-electron chi connectivity index (χ3n) is 5.30. The lowest BCUT2D eigenvalue weighted by molar-refractivity contribution is -0.385. The lowest BCUT2D eigenvalue weighted by Crippen LogP contribution is -2.36. The number of fused-ring (bicyclic) bond motifs is 3. The average Bonchev–Trinajstić information content (AvgIpc) is 3.13. The molecule has 29 heavy (non-hydrogen) atoms. The summed E-state index contributed by atoms with van der Waals surface area (Å²) in [5.74, 6) is 0.0834. The summed E-state index contributed by atoms with van der Waals surface area (Å²) in [6.07, 6.45) is 2.72. The Bertz CT molecular complexity index is 1240. The molecule has 3 aromatic rings. The summed E-state index contributed by atoms with van der Waals surface area (Å²) in [5.41, 5.74) is 2.64. The number of nitro groups is 1. The van der Waals surface area contributed by atoms with Crippen molar-refractivity contribution >= 4 is 33.1 Å². The van der Waals surface area contributed by atoms with Crippen molar-refractivity contribution in [2.45, 2.75) is 40.0 Å². The maximum Gasteiger partial charge on any atom is 0.322 e. The standard InChI is InChI=1S/C18H20N6O4S/c1-8-5-6-11-12(7-8)29-17-13(11)18(26)23(10(3)19-17)21-16(25)15-14(24(27)28)9(2)20-22(15)4/h8H,5-7H2,1-4H3,(H,21,25)/t8-/m1/s1. The predicted molar refractivity (Wildman–Crippen MR) is 108 cm³/mol. The number of carbonyl (C=O) groups is 1. The van der Waals surface area contributed by atoms with Gasteiger partial charge in [0.2, 0.25) is 5.69 Å². The first-order chi connectivity index (χ1) is 13.7. The second-order valence-electron chi connectivity index (χ2n) is 7.44.